The maximum Gasteiger partial charge on any atom is 0.0956 e. The summed E-state index contributed by atoms with van der Waals surface area (Å²) in [6, 6.07) is 2.29. The molecule has 5 rings (SSSR count). The van der Waals surface area contributed by atoms with E-state index in [1.165, 1.54) is 38.5 Å². The summed E-state index contributed by atoms with van der Waals surface area (Å²) in [7, 11) is 0. The van der Waals surface area contributed by atoms with Crippen LogP contribution in [0.15, 0.2) is 22.6 Å². The van der Waals surface area contributed by atoms with Crippen LogP contribution < -0.4 is 0 Å². The Kier molecular flexibility index (Phi) is 2.42. The number of rotatable bonds is 1. The van der Waals surface area contributed by atoms with Crippen molar-refractivity contribution in [3.05, 3.63) is 22.6 Å². The quantitative estimate of drug-likeness (QED) is 0.700. The summed E-state index contributed by atoms with van der Waals surface area (Å²) in [6.07, 6.45) is 13.2. The van der Waals surface area contributed by atoms with Gasteiger partial charge in [-0.25, -0.2) is 0 Å². The van der Waals surface area contributed by atoms with Gasteiger partial charge in [-0.1, -0.05) is 6.08 Å². The van der Waals surface area contributed by atoms with Crippen LogP contribution in [-0.4, -0.2) is 5.75 Å². The van der Waals surface area contributed by atoms with Crippen LogP contribution in [0.5, 0.6) is 0 Å². The minimum atomic E-state index is 0.525. The van der Waals surface area contributed by atoms with Gasteiger partial charge in [0.05, 0.1) is 6.07 Å². The van der Waals surface area contributed by atoms with Crippen LogP contribution in [0.1, 0.15) is 38.5 Å². The lowest BCUT2D eigenvalue weighted by molar-refractivity contribution is -0.0258. The average molecular weight is 257 g/mol. The van der Waals surface area contributed by atoms with Gasteiger partial charge in [-0.15, -0.1) is 11.8 Å². The minimum Gasteiger partial charge on any atom is -0.193 e. The standard InChI is InChI=1S/C16H19NS/c17-9-11-1-2-15(18-10-11)16-6-12-3-13(7-16)5-14(4-12)8-16/h1-2,12-14H,3-8,10H2. The fourth-order valence-electron chi connectivity index (χ4n) is 5.24. The molecule has 4 aliphatic carbocycles. The summed E-state index contributed by atoms with van der Waals surface area (Å²) in [5.41, 5.74) is 1.46. The molecule has 4 fully saturated rings. The average Bonchev–Trinajstić information content (AvgIpc) is 2.37. The first-order chi connectivity index (χ1) is 8.77. The molecule has 1 aliphatic heterocycles. The van der Waals surface area contributed by atoms with E-state index in [2.05, 4.69) is 18.2 Å². The zero-order chi connectivity index (χ0) is 12.2. The molecule has 0 aromatic carbocycles. The number of hydrogen-bond acceptors (Lipinski definition) is 2. The van der Waals surface area contributed by atoms with Gasteiger partial charge >= 0.3 is 0 Å². The van der Waals surface area contributed by atoms with Crippen molar-refractivity contribution in [2.45, 2.75) is 38.5 Å². The maximum absolute atomic E-state index is 8.95. The molecule has 94 valence electrons. The first kappa shape index (κ1) is 11.2. The second-order valence-corrected chi connectivity index (χ2v) is 7.84. The number of allylic oxidation sites excluding steroid dienone is 3. The van der Waals surface area contributed by atoms with Crippen LogP contribution in [0.2, 0.25) is 0 Å². The molecule has 0 aromatic rings. The molecule has 0 amide bonds. The SMILES string of the molecule is N#CC1=CC=C(C23CC4CC(CC(C4)C2)C3)SC1. The third-order valence-electron chi connectivity index (χ3n) is 5.52. The van der Waals surface area contributed by atoms with Crippen molar-refractivity contribution in [2.24, 2.45) is 23.2 Å². The minimum absolute atomic E-state index is 0.525. The van der Waals surface area contributed by atoms with Crippen molar-refractivity contribution >= 4 is 11.8 Å². The Morgan fingerprint density at radius 1 is 1.06 bits per heavy atom. The zero-order valence-corrected chi connectivity index (χ0v) is 11.5. The van der Waals surface area contributed by atoms with Gasteiger partial charge in [0.1, 0.15) is 0 Å². The molecule has 4 saturated carbocycles. The maximum atomic E-state index is 8.95. The highest BCUT2D eigenvalue weighted by Gasteiger charge is 2.52. The number of nitriles is 1. The molecule has 1 heterocycles. The molecule has 2 heteroatoms. The Morgan fingerprint density at radius 2 is 1.67 bits per heavy atom. The van der Waals surface area contributed by atoms with Gasteiger partial charge in [-0.3, -0.25) is 0 Å². The van der Waals surface area contributed by atoms with Crippen LogP contribution in [0, 0.1) is 34.5 Å². The second kappa shape index (κ2) is 3.90. The monoisotopic (exact) mass is 257 g/mol. The third-order valence-corrected chi connectivity index (χ3v) is 6.86. The van der Waals surface area contributed by atoms with Gasteiger partial charge in [-0.05, 0) is 67.3 Å². The highest BCUT2D eigenvalue weighted by molar-refractivity contribution is 8.03. The normalized spacial score (nSPS) is 45.4. The molecule has 0 spiro atoms. The molecule has 1 nitrogen and oxygen atoms in total. The van der Waals surface area contributed by atoms with Crippen LogP contribution in [0.3, 0.4) is 0 Å². The van der Waals surface area contributed by atoms with Gasteiger partial charge in [0, 0.05) is 16.7 Å². The van der Waals surface area contributed by atoms with Crippen LogP contribution in [0.4, 0.5) is 0 Å². The third kappa shape index (κ3) is 1.60. The highest BCUT2D eigenvalue weighted by atomic mass is 32.2. The van der Waals surface area contributed by atoms with E-state index in [-0.39, 0.29) is 0 Å². The predicted octanol–water partition coefficient (Wildman–Crippen LogP) is 4.28. The Morgan fingerprint density at radius 3 is 2.11 bits per heavy atom. The Balaban J connectivity index is 1.67. The van der Waals surface area contributed by atoms with Crippen LogP contribution in [-0.2, 0) is 0 Å². The summed E-state index contributed by atoms with van der Waals surface area (Å²) >= 11 is 1.95. The van der Waals surface area contributed by atoms with Gasteiger partial charge in [0.25, 0.3) is 0 Å². The Hall–Kier alpha value is -0.680. The lowest BCUT2D eigenvalue weighted by Gasteiger charge is -2.57. The predicted molar refractivity (Wildman–Crippen MR) is 74.8 cm³/mol. The summed E-state index contributed by atoms with van der Waals surface area (Å²) in [4.78, 5) is 1.61. The highest BCUT2D eigenvalue weighted by Crippen LogP contribution is 2.64. The molecule has 0 radical (unpaired) electrons. The Labute approximate surface area is 113 Å². The largest absolute Gasteiger partial charge is 0.193 e. The van der Waals surface area contributed by atoms with E-state index < -0.39 is 0 Å². The molecule has 0 aromatic heterocycles. The molecule has 0 unspecified atom stereocenters. The second-order valence-electron chi connectivity index (χ2n) is 6.82. The Bertz CT molecular complexity index is 445. The zero-order valence-electron chi connectivity index (χ0n) is 10.7. The van der Waals surface area contributed by atoms with E-state index in [1.54, 1.807) is 4.91 Å². The fourth-order valence-corrected chi connectivity index (χ4v) is 6.43. The van der Waals surface area contributed by atoms with E-state index in [0.717, 1.165) is 29.1 Å². The number of hydrogen-bond donors (Lipinski definition) is 0. The van der Waals surface area contributed by atoms with Crippen molar-refractivity contribution in [1.29, 1.82) is 5.26 Å². The van der Waals surface area contributed by atoms with Crippen molar-refractivity contribution in [3.8, 4) is 6.07 Å². The van der Waals surface area contributed by atoms with Crippen molar-refractivity contribution in [3.63, 3.8) is 0 Å². The van der Waals surface area contributed by atoms with E-state index in [4.69, 9.17) is 5.26 Å². The molecular formula is C16H19NS. The molecule has 0 N–H and O–H groups in total. The summed E-state index contributed by atoms with van der Waals surface area (Å²) < 4.78 is 0. The van der Waals surface area contributed by atoms with Crippen LogP contribution in [0.25, 0.3) is 0 Å². The lowest BCUT2D eigenvalue weighted by Crippen LogP contribution is -2.46. The molecule has 18 heavy (non-hydrogen) atoms. The first-order valence-corrected chi connectivity index (χ1v) is 8.20. The molecular weight excluding hydrogens is 238 g/mol. The van der Waals surface area contributed by atoms with E-state index in [0.29, 0.717) is 5.41 Å². The fraction of sp³-hybridized carbons (Fsp3) is 0.688. The van der Waals surface area contributed by atoms with Crippen molar-refractivity contribution in [2.75, 3.05) is 5.75 Å². The van der Waals surface area contributed by atoms with E-state index in [9.17, 15) is 0 Å². The summed E-state index contributed by atoms with van der Waals surface area (Å²) in [5.74, 6) is 3.95. The topological polar surface area (TPSA) is 23.8 Å². The summed E-state index contributed by atoms with van der Waals surface area (Å²) in [5, 5.41) is 8.95. The van der Waals surface area contributed by atoms with Gasteiger partial charge in [0.2, 0.25) is 0 Å². The van der Waals surface area contributed by atoms with Crippen molar-refractivity contribution in [1.82, 2.24) is 0 Å². The van der Waals surface area contributed by atoms with Gasteiger partial charge in [0.15, 0.2) is 0 Å². The van der Waals surface area contributed by atoms with Gasteiger partial charge in [-0.2, -0.15) is 5.26 Å². The number of thioether (sulfide) groups is 1. The summed E-state index contributed by atoms with van der Waals surface area (Å²) in [6.45, 7) is 0. The van der Waals surface area contributed by atoms with Crippen molar-refractivity contribution < 1.29 is 0 Å². The van der Waals surface area contributed by atoms with Crippen LogP contribution >= 0.6 is 11.8 Å². The molecule has 0 saturated heterocycles. The first-order valence-electron chi connectivity index (χ1n) is 7.22. The van der Waals surface area contributed by atoms with E-state index >= 15 is 0 Å². The molecule has 0 atom stereocenters. The van der Waals surface area contributed by atoms with E-state index in [1.807, 2.05) is 11.8 Å². The molecule has 4 bridgehead atoms. The smallest absolute Gasteiger partial charge is 0.0956 e. The van der Waals surface area contributed by atoms with Gasteiger partial charge < -0.3 is 0 Å². The number of nitrogens with zero attached hydrogens (tertiary/aromatic N) is 1. The lowest BCUT2D eigenvalue weighted by atomic mass is 9.49. The molecule has 5 aliphatic rings.